The normalized spacial score (nSPS) is 29.3. The fraction of sp³-hybridized carbons (Fsp3) is 0.633. The number of rotatable bonds is 24. The Morgan fingerprint density at radius 2 is 1.46 bits per heavy atom. The number of aliphatic hydroxyl groups excluding tert-OH is 2. The Hall–Kier alpha value is -5.18. The van der Waals surface area contributed by atoms with E-state index in [-0.39, 0.29) is 48.0 Å². The third kappa shape index (κ3) is 12.4. The van der Waals surface area contributed by atoms with Gasteiger partial charge < -0.3 is 39.0 Å². The quantitative estimate of drug-likeness (QED) is 0.0387. The summed E-state index contributed by atoms with van der Waals surface area (Å²) in [7, 11) is 0. The predicted molar refractivity (Wildman–Crippen MR) is 277 cm³/mol. The van der Waals surface area contributed by atoms with Crippen molar-refractivity contribution in [1.29, 1.82) is 0 Å². The van der Waals surface area contributed by atoms with Crippen LogP contribution in [0.1, 0.15) is 186 Å². The van der Waals surface area contributed by atoms with Crippen LogP contribution in [0.5, 0.6) is 0 Å². The van der Waals surface area contributed by atoms with Crippen molar-refractivity contribution in [2.45, 2.75) is 218 Å². The lowest BCUT2D eigenvalue weighted by Gasteiger charge is -2.68. The van der Waals surface area contributed by atoms with Gasteiger partial charge >= 0.3 is 29.8 Å². The van der Waals surface area contributed by atoms with Crippen molar-refractivity contribution in [3.05, 3.63) is 95.1 Å². The molecule has 0 aliphatic heterocycles. The predicted octanol–water partition coefficient (Wildman–Crippen LogP) is 9.94. The van der Waals surface area contributed by atoms with Gasteiger partial charge in [0.1, 0.15) is 35.6 Å². The molecule has 6 rings (SSSR count). The minimum absolute atomic E-state index is 0.0284. The molecular weight excluding hydrogens is 945 g/mol. The molecular formula is C60H82O14. The molecule has 2 aromatic carbocycles. The maximum Gasteiger partial charge on any atom is 0.348 e. The van der Waals surface area contributed by atoms with Gasteiger partial charge in [-0.2, -0.15) is 0 Å². The van der Waals surface area contributed by atoms with E-state index in [1.807, 2.05) is 30.3 Å². The van der Waals surface area contributed by atoms with Crippen LogP contribution >= 0.6 is 0 Å². The van der Waals surface area contributed by atoms with Gasteiger partial charge in [0.05, 0.1) is 23.0 Å². The van der Waals surface area contributed by atoms with Crippen molar-refractivity contribution in [2.75, 3.05) is 0 Å². The van der Waals surface area contributed by atoms with E-state index in [9.17, 15) is 39.3 Å². The average Bonchev–Trinajstić information content (AvgIpc) is 3.36. The van der Waals surface area contributed by atoms with Gasteiger partial charge in [0, 0.05) is 50.4 Å². The summed E-state index contributed by atoms with van der Waals surface area (Å²) in [6.07, 6.45) is 7.84. The molecule has 14 nitrogen and oxygen atoms in total. The number of fused-ring (bicyclic) bond motifs is 5. The van der Waals surface area contributed by atoms with Crippen LogP contribution in [0, 0.1) is 22.7 Å². The molecule has 3 N–H and O–H groups in total. The Bertz CT molecular complexity index is 2340. The number of unbranched alkanes of at least 4 members (excludes halogenated alkanes) is 8. The first-order valence-electron chi connectivity index (χ1n) is 27.2. The molecule has 406 valence electrons. The van der Waals surface area contributed by atoms with Gasteiger partial charge in [0.25, 0.3) is 0 Å². The highest BCUT2D eigenvalue weighted by Crippen LogP contribution is 2.67. The van der Waals surface area contributed by atoms with Crippen LogP contribution in [0.25, 0.3) is 0 Å². The SMILES string of the molecule is CCCCCC[C@@H](C/C=C\CCCCCCCC(=O)O[C@@H](C(=O)O[C@H]1C[C@@]2(O)[C@@H](OC(=O)c3ccccc3)[C@H]3[C@](C)(C(=O)[C@H](O)C(=C1C)C2(C)C)[C@@H](O)CC1CC[C@]13OC(C)=O)[C@@H](C)c1ccccc1)OC(C)=O. The molecule has 0 radical (unpaired) electrons. The van der Waals surface area contributed by atoms with Gasteiger partial charge in [-0.3, -0.25) is 19.2 Å². The highest BCUT2D eigenvalue weighted by atomic mass is 16.6. The molecule has 2 bridgehead atoms. The van der Waals surface area contributed by atoms with Crippen LogP contribution in [0.2, 0.25) is 0 Å². The highest BCUT2D eigenvalue weighted by molar-refractivity contribution is 5.94. The molecule has 2 aromatic rings. The van der Waals surface area contributed by atoms with E-state index in [2.05, 4.69) is 19.1 Å². The number of carbonyl (C=O) groups excluding carboxylic acids is 6. The number of Topliss-reactive ketones (excluding diaryl/α,β-unsaturated/α-hetero) is 1. The standard InChI is InChI=1S/C60H82O14/c1-9-10-11-24-31-45(70-40(4)61)32-25-16-14-12-13-15-17-26-33-48(64)72-51(38(2)42-27-20-18-21-28-42)56(68)71-46-37-60(69)54(73-55(67)43-29-22-19-23-30-43)52-58(8,53(66)50(65)49(39(46)3)57(60,6)7)47(63)36-44-34-35-59(44,52)74-41(5)62/h16,18-23,25,27-30,38,44-47,50-52,54,63,65,69H,9-15,17,24,26,31-37H2,1-8H3/b25-16-/t38-,44?,45-,46-,47-,50+,51+,52-,54-,58+,59-,60+/m0/s1. The van der Waals surface area contributed by atoms with E-state index in [0.29, 0.717) is 24.8 Å². The van der Waals surface area contributed by atoms with Crippen molar-refractivity contribution >= 4 is 35.6 Å². The number of carbonyl (C=O) groups is 6. The summed E-state index contributed by atoms with van der Waals surface area (Å²) in [5, 5.41) is 38.2. The van der Waals surface area contributed by atoms with Gasteiger partial charge in [0.2, 0.25) is 6.10 Å². The number of hydrogen-bond donors (Lipinski definition) is 3. The van der Waals surface area contributed by atoms with Crippen molar-refractivity contribution in [1.82, 2.24) is 0 Å². The Kier molecular flexibility index (Phi) is 19.7. The number of allylic oxidation sites excluding steroid dienone is 1. The van der Waals surface area contributed by atoms with Gasteiger partial charge in [-0.05, 0) is 94.1 Å². The first kappa shape index (κ1) is 58.1. The van der Waals surface area contributed by atoms with Crippen LogP contribution in [0.4, 0.5) is 0 Å². The summed E-state index contributed by atoms with van der Waals surface area (Å²) in [4.78, 5) is 82.7. The van der Waals surface area contributed by atoms with Crippen LogP contribution in [-0.2, 0) is 47.7 Å². The van der Waals surface area contributed by atoms with E-state index in [4.69, 9.17) is 23.7 Å². The molecule has 4 aliphatic carbocycles. The van der Waals surface area contributed by atoms with E-state index in [0.717, 1.165) is 57.8 Å². The van der Waals surface area contributed by atoms with Crippen LogP contribution < -0.4 is 0 Å². The molecule has 0 aromatic heterocycles. The van der Waals surface area contributed by atoms with Crippen LogP contribution in [-0.4, -0.2) is 98.8 Å². The second-order valence-corrected chi connectivity index (χ2v) is 22.2. The molecule has 14 heteroatoms. The fourth-order valence-corrected chi connectivity index (χ4v) is 12.7. The summed E-state index contributed by atoms with van der Waals surface area (Å²) < 4.78 is 30.6. The summed E-state index contributed by atoms with van der Waals surface area (Å²) in [5.74, 6) is -6.65. The Labute approximate surface area is 438 Å². The molecule has 1 unspecified atom stereocenters. The molecule has 3 saturated carbocycles. The minimum atomic E-state index is -2.26. The van der Waals surface area contributed by atoms with Gasteiger partial charge in [-0.15, -0.1) is 0 Å². The average molecular weight is 1030 g/mol. The Morgan fingerprint density at radius 3 is 2.09 bits per heavy atom. The fourth-order valence-electron chi connectivity index (χ4n) is 12.7. The van der Waals surface area contributed by atoms with Gasteiger partial charge in [-0.25, -0.2) is 9.59 Å². The van der Waals surface area contributed by atoms with Crippen molar-refractivity contribution in [3.63, 3.8) is 0 Å². The zero-order chi connectivity index (χ0) is 54.0. The van der Waals surface area contributed by atoms with Crippen LogP contribution in [0.3, 0.4) is 0 Å². The molecule has 0 saturated heterocycles. The summed E-state index contributed by atoms with van der Waals surface area (Å²) in [6.45, 7) is 12.9. The third-order valence-electron chi connectivity index (χ3n) is 17.1. The largest absolute Gasteiger partial charge is 0.462 e. The first-order chi connectivity index (χ1) is 35.1. The molecule has 0 spiro atoms. The molecule has 0 heterocycles. The molecule has 0 amide bonds. The highest BCUT2D eigenvalue weighted by Gasteiger charge is 2.77. The lowest BCUT2D eigenvalue weighted by Crippen LogP contribution is -2.78. The van der Waals surface area contributed by atoms with Crippen LogP contribution in [0.15, 0.2) is 84.0 Å². The van der Waals surface area contributed by atoms with Crippen molar-refractivity contribution < 1.29 is 67.8 Å². The van der Waals surface area contributed by atoms with E-state index >= 15 is 4.79 Å². The number of ketones is 1. The van der Waals surface area contributed by atoms with Gasteiger partial charge in [-0.1, -0.05) is 127 Å². The zero-order valence-electron chi connectivity index (χ0n) is 45.0. The maximum absolute atomic E-state index is 15.2. The first-order valence-corrected chi connectivity index (χ1v) is 27.2. The van der Waals surface area contributed by atoms with Crippen molar-refractivity contribution in [2.24, 2.45) is 22.7 Å². The topological polar surface area (TPSA) is 209 Å². The van der Waals surface area contributed by atoms with E-state index in [1.54, 1.807) is 45.9 Å². The van der Waals surface area contributed by atoms with E-state index in [1.165, 1.54) is 39.3 Å². The second kappa shape index (κ2) is 25.1. The molecule has 74 heavy (non-hydrogen) atoms. The Morgan fingerprint density at radius 1 is 0.811 bits per heavy atom. The van der Waals surface area contributed by atoms with Crippen molar-refractivity contribution in [3.8, 4) is 0 Å². The smallest absolute Gasteiger partial charge is 0.348 e. The number of aliphatic hydroxyl groups is 3. The number of esters is 5. The number of hydrogen-bond acceptors (Lipinski definition) is 14. The number of ether oxygens (including phenoxy) is 5. The Balaban J connectivity index is 1.22. The minimum Gasteiger partial charge on any atom is -0.462 e. The van der Waals surface area contributed by atoms with E-state index < -0.39 is 106 Å². The third-order valence-corrected chi connectivity index (χ3v) is 17.1. The summed E-state index contributed by atoms with van der Waals surface area (Å²) >= 11 is 0. The molecule has 4 aliphatic rings. The lowest BCUT2D eigenvalue weighted by atomic mass is 9.41. The zero-order valence-corrected chi connectivity index (χ0v) is 45.0. The molecule has 12 atom stereocenters. The second-order valence-electron chi connectivity index (χ2n) is 22.2. The lowest BCUT2D eigenvalue weighted by molar-refractivity contribution is -0.296. The van der Waals surface area contributed by atoms with Gasteiger partial charge in [0.15, 0.2) is 5.78 Å². The maximum atomic E-state index is 15.2. The summed E-state index contributed by atoms with van der Waals surface area (Å²) in [5.41, 5.74) is -6.11. The number of benzene rings is 2. The molecule has 3 fully saturated rings. The summed E-state index contributed by atoms with van der Waals surface area (Å²) in [6, 6.07) is 17.2. The monoisotopic (exact) mass is 1030 g/mol.